The van der Waals surface area contributed by atoms with Gasteiger partial charge in [-0.2, -0.15) is 0 Å². The van der Waals surface area contributed by atoms with Crippen molar-refractivity contribution in [3.63, 3.8) is 0 Å². The highest BCUT2D eigenvalue weighted by molar-refractivity contribution is 8.52. The van der Waals surface area contributed by atoms with E-state index in [-0.39, 0.29) is 0 Å². The molecule has 0 aromatic rings. The van der Waals surface area contributed by atoms with E-state index in [1.54, 1.807) is 0 Å². The summed E-state index contributed by atoms with van der Waals surface area (Å²) in [4.78, 5) is 16.9. The van der Waals surface area contributed by atoms with E-state index >= 15 is 0 Å². The molecule has 0 aromatic carbocycles. The first kappa shape index (κ1) is 9.70. The van der Waals surface area contributed by atoms with Crippen LogP contribution in [0.1, 0.15) is 26.2 Å². The number of hydrogen-bond acceptors (Lipinski definition) is 3. The first-order valence-corrected chi connectivity index (χ1v) is 5.92. The minimum absolute atomic E-state index is 0.881. The SMILES string of the molecule is CCCCCSP(O)O. The van der Waals surface area contributed by atoms with Crippen molar-refractivity contribution in [2.24, 2.45) is 0 Å². The third-order valence-electron chi connectivity index (χ3n) is 0.955. The van der Waals surface area contributed by atoms with Gasteiger partial charge in [-0.3, -0.25) is 0 Å². The van der Waals surface area contributed by atoms with Gasteiger partial charge in [-0.05, 0) is 6.42 Å². The highest BCUT2D eigenvalue weighted by atomic mass is 32.7. The lowest BCUT2D eigenvalue weighted by Gasteiger charge is -1.98. The highest BCUT2D eigenvalue weighted by Gasteiger charge is 1.96. The molecule has 0 heterocycles. The highest BCUT2D eigenvalue weighted by Crippen LogP contribution is 2.40. The van der Waals surface area contributed by atoms with Crippen LogP contribution >= 0.6 is 19.0 Å². The van der Waals surface area contributed by atoms with E-state index in [1.165, 1.54) is 24.2 Å². The van der Waals surface area contributed by atoms with Gasteiger partial charge < -0.3 is 9.79 Å². The van der Waals surface area contributed by atoms with E-state index in [2.05, 4.69) is 6.92 Å². The Kier molecular flexibility index (Phi) is 7.34. The minimum atomic E-state index is -1.70. The van der Waals surface area contributed by atoms with Gasteiger partial charge in [0.1, 0.15) is 0 Å². The molecular weight excluding hydrogens is 155 g/mol. The van der Waals surface area contributed by atoms with Gasteiger partial charge in [0.25, 0.3) is 0 Å². The molecular formula is C5H13O2PS. The van der Waals surface area contributed by atoms with Crippen molar-refractivity contribution < 1.29 is 9.79 Å². The second-order valence-corrected chi connectivity index (χ2v) is 4.72. The zero-order valence-electron chi connectivity index (χ0n) is 5.58. The van der Waals surface area contributed by atoms with E-state index in [0.29, 0.717) is 0 Å². The quantitative estimate of drug-likeness (QED) is 0.488. The summed E-state index contributed by atoms with van der Waals surface area (Å²) in [5.41, 5.74) is 0. The van der Waals surface area contributed by atoms with Crippen LogP contribution in [0.25, 0.3) is 0 Å². The maximum absolute atomic E-state index is 8.44. The van der Waals surface area contributed by atoms with Crippen LogP contribution in [0.4, 0.5) is 0 Å². The molecule has 0 bridgehead atoms. The van der Waals surface area contributed by atoms with Crippen LogP contribution in [-0.4, -0.2) is 15.5 Å². The summed E-state index contributed by atoms with van der Waals surface area (Å²) in [6.07, 6.45) is 3.48. The molecule has 56 valence electrons. The molecule has 0 spiro atoms. The van der Waals surface area contributed by atoms with Crippen molar-refractivity contribution in [1.82, 2.24) is 0 Å². The Hall–Kier alpha value is 0.700. The van der Waals surface area contributed by atoms with Crippen molar-refractivity contribution in [3.05, 3.63) is 0 Å². The summed E-state index contributed by atoms with van der Waals surface area (Å²) >= 11 is 1.25. The molecule has 0 aliphatic carbocycles. The van der Waals surface area contributed by atoms with Crippen LogP contribution in [0.3, 0.4) is 0 Å². The predicted octanol–water partition coefficient (Wildman–Crippen LogP) is 2.12. The van der Waals surface area contributed by atoms with E-state index < -0.39 is 7.58 Å². The molecule has 9 heavy (non-hydrogen) atoms. The van der Waals surface area contributed by atoms with Crippen molar-refractivity contribution in [3.8, 4) is 0 Å². The molecule has 4 heteroatoms. The predicted molar refractivity (Wildman–Crippen MR) is 43.3 cm³/mol. The fraction of sp³-hybridized carbons (Fsp3) is 1.00. The van der Waals surface area contributed by atoms with E-state index in [1.807, 2.05) is 0 Å². The minimum Gasteiger partial charge on any atom is -0.342 e. The van der Waals surface area contributed by atoms with Gasteiger partial charge in [0.2, 0.25) is 7.58 Å². The molecule has 2 N–H and O–H groups in total. The largest absolute Gasteiger partial charge is 0.342 e. The van der Waals surface area contributed by atoms with Gasteiger partial charge in [0, 0.05) is 5.75 Å². The standard InChI is InChI=1S/C5H13O2PS/c1-2-3-4-5-9-8(6)7/h6-7H,2-5H2,1H3. The molecule has 0 aliphatic rings. The van der Waals surface area contributed by atoms with E-state index in [0.717, 1.165) is 12.2 Å². The molecule has 0 radical (unpaired) electrons. The summed E-state index contributed by atoms with van der Waals surface area (Å²) in [7, 11) is -1.70. The second kappa shape index (κ2) is 6.81. The summed E-state index contributed by atoms with van der Waals surface area (Å²) in [5, 5.41) is 0. The number of unbranched alkanes of at least 4 members (excludes halogenated alkanes) is 2. The third-order valence-corrected chi connectivity index (χ3v) is 2.90. The van der Waals surface area contributed by atoms with Crippen LogP contribution < -0.4 is 0 Å². The monoisotopic (exact) mass is 168 g/mol. The van der Waals surface area contributed by atoms with Gasteiger partial charge in [-0.15, -0.1) is 0 Å². The van der Waals surface area contributed by atoms with Crippen molar-refractivity contribution in [1.29, 1.82) is 0 Å². The van der Waals surface area contributed by atoms with Crippen molar-refractivity contribution in [2.75, 3.05) is 5.75 Å². The van der Waals surface area contributed by atoms with Gasteiger partial charge >= 0.3 is 0 Å². The summed E-state index contributed by atoms with van der Waals surface area (Å²) in [5.74, 6) is 0.881. The molecule has 0 saturated heterocycles. The average Bonchev–Trinajstić information content (AvgIpc) is 1.80. The van der Waals surface area contributed by atoms with Gasteiger partial charge in [0.05, 0.1) is 0 Å². The van der Waals surface area contributed by atoms with Crippen LogP contribution in [0.15, 0.2) is 0 Å². The Labute approximate surface area is 61.3 Å². The molecule has 0 fully saturated rings. The first-order valence-electron chi connectivity index (χ1n) is 3.08. The van der Waals surface area contributed by atoms with Crippen LogP contribution in [-0.2, 0) is 0 Å². The van der Waals surface area contributed by atoms with Gasteiger partial charge in [-0.1, -0.05) is 31.1 Å². The average molecular weight is 168 g/mol. The van der Waals surface area contributed by atoms with Crippen molar-refractivity contribution >= 4 is 19.0 Å². The Balaban J connectivity index is 2.75. The first-order chi connectivity index (χ1) is 4.27. The molecule has 0 atom stereocenters. The van der Waals surface area contributed by atoms with Gasteiger partial charge in [-0.25, -0.2) is 0 Å². The Morgan fingerprint density at radius 1 is 1.33 bits per heavy atom. The smallest absolute Gasteiger partial charge is 0.232 e. The summed E-state index contributed by atoms with van der Waals surface area (Å²) in [6.45, 7) is 2.13. The lowest BCUT2D eigenvalue weighted by molar-refractivity contribution is 0.505. The Morgan fingerprint density at radius 2 is 2.00 bits per heavy atom. The molecule has 2 nitrogen and oxygen atoms in total. The van der Waals surface area contributed by atoms with E-state index in [9.17, 15) is 0 Å². The van der Waals surface area contributed by atoms with Crippen LogP contribution in [0, 0.1) is 0 Å². The van der Waals surface area contributed by atoms with Crippen LogP contribution in [0.5, 0.6) is 0 Å². The van der Waals surface area contributed by atoms with E-state index in [4.69, 9.17) is 9.79 Å². The number of rotatable bonds is 5. The third kappa shape index (κ3) is 8.70. The molecule has 0 aromatic heterocycles. The molecule has 0 unspecified atom stereocenters. The topological polar surface area (TPSA) is 40.5 Å². The Bertz CT molecular complexity index is 60.9. The second-order valence-electron chi connectivity index (χ2n) is 1.79. The Morgan fingerprint density at radius 3 is 2.44 bits per heavy atom. The summed E-state index contributed by atoms with van der Waals surface area (Å²) in [6, 6.07) is 0. The molecule has 0 amide bonds. The lowest BCUT2D eigenvalue weighted by Crippen LogP contribution is -1.76. The molecule has 0 rings (SSSR count). The lowest BCUT2D eigenvalue weighted by atomic mass is 10.3. The number of hydrogen-bond donors (Lipinski definition) is 2. The zero-order chi connectivity index (χ0) is 7.11. The maximum Gasteiger partial charge on any atom is 0.232 e. The van der Waals surface area contributed by atoms with Crippen molar-refractivity contribution in [2.45, 2.75) is 26.2 Å². The summed E-state index contributed by atoms with van der Waals surface area (Å²) < 4.78 is 0. The molecule has 0 saturated carbocycles. The zero-order valence-corrected chi connectivity index (χ0v) is 7.29. The molecule has 0 aliphatic heterocycles. The fourth-order valence-corrected chi connectivity index (χ4v) is 1.87. The van der Waals surface area contributed by atoms with Gasteiger partial charge in [0.15, 0.2) is 0 Å². The fourth-order valence-electron chi connectivity index (χ4n) is 0.498. The normalized spacial score (nSPS) is 10.7. The maximum atomic E-state index is 8.44. The van der Waals surface area contributed by atoms with Crippen LogP contribution in [0.2, 0.25) is 0 Å².